The molecule has 110 valence electrons. The van der Waals surface area contributed by atoms with Gasteiger partial charge in [-0.2, -0.15) is 0 Å². The van der Waals surface area contributed by atoms with Crippen LogP contribution in [0.1, 0.15) is 23.6 Å². The van der Waals surface area contributed by atoms with Gasteiger partial charge < -0.3 is 5.32 Å². The number of thiophene rings is 1. The minimum absolute atomic E-state index is 0.282. The number of rotatable bonds is 7. The van der Waals surface area contributed by atoms with E-state index >= 15 is 0 Å². The Morgan fingerprint density at radius 3 is 2.70 bits per heavy atom. The molecule has 0 saturated heterocycles. The third-order valence-electron chi connectivity index (χ3n) is 2.51. The van der Waals surface area contributed by atoms with Gasteiger partial charge in [-0.05, 0) is 12.1 Å². The Morgan fingerprint density at radius 2 is 2.05 bits per heavy atom. The van der Waals surface area contributed by atoms with Gasteiger partial charge in [0.05, 0.1) is 5.51 Å². The predicted octanol–water partition coefficient (Wildman–Crippen LogP) is 2.18. The van der Waals surface area contributed by atoms with Crippen molar-refractivity contribution in [2.45, 2.75) is 37.2 Å². The van der Waals surface area contributed by atoms with Crippen LogP contribution in [0.5, 0.6) is 0 Å². The highest BCUT2D eigenvalue weighted by atomic mass is 32.2. The second-order valence-electron chi connectivity index (χ2n) is 4.55. The molecule has 0 spiro atoms. The summed E-state index contributed by atoms with van der Waals surface area (Å²) in [5, 5.41) is 3.27. The zero-order chi connectivity index (χ0) is 14.6. The molecule has 5 nitrogen and oxygen atoms in total. The monoisotopic (exact) mass is 331 g/mol. The third kappa shape index (κ3) is 4.35. The molecule has 2 aromatic heterocycles. The van der Waals surface area contributed by atoms with E-state index in [1.54, 1.807) is 17.8 Å². The highest BCUT2D eigenvalue weighted by Crippen LogP contribution is 2.22. The summed E-state index contributed by atoms with van der Waals surface area (Å²) < 4.78 is 27.2. The molecule has 0 fully saturated rings. The summed E-state index contributed by atoms with van der Waals surface area (Å²) in [6, 6.07) is 3.87. The molecule has 2 N–H and O–H groups in total. The van der Waals surface area contributed by atoms with Crippen molar-refractivity contribution >= 4 is 32.7 Å². The highest BCUT2D eigenvalue weighted by Gasteiger charge is 2.16. The number of thiazole rings is 1. The topological polar surface area (TPSA) is 71.1 Å². The summed E-state index contributed by atoms with van der Waals surface area (Å²) >= 11 is 2.72. The second kappa shape index (κ2) is 6.77. The lowest BCUT2D eigenvalue weighted by molar-refractivity contribution is 0.584. The van der Waals surface area contributed by atoms with Gasteiger partial charge in [-0.1, -0.05) is 13.8 Å². The Kier molecular flexibility index (Phi) is 5.28. The van der Waals surface area contributed by atoms with Gasteiger partial charge in [0.1, 0.15) is 4.21 Å². The summed E-state index contributed by atoms with van der Waals surface area (Å²) in [4.78, 5) is 5.82. The number of hydrogen-bond acceptors (Lipinski definition) is 6. The van der Waals surface area contributed by atoms with Crippen LogP contribution in [0, 0.1) is 0 Å². The van der Waals surface area contributed by atoms with Crippen LogP contribution in [0.4, 0.5) is 0 Å². The van der Waals surface area contributed by atoms with Crippen LogP contribution in [0.25, 0.3) is 0 Å². The molecule has 0 amide bonds. The highest BCUT2D eigenvalue weighted by molar-refractivity contribution is 7.91. The molecular weight excluding hydrogens is 314 g/mol. The van der Waals surface area contributed by atoms with Gasteiger partial charge in [0.2, 0.25) is 10.0 Å². The van der Waals surface area contributed by atoms with Crippen LogP contribution in [-0.4, -0.2) is 19.4 Å². The Morgan fingerprint density at radius 1 is 1.25 bits per heavy atom. The lowest BCUT2D eigenvalue weighted by Crippen LogP contribution is -2.22. The molecule has 0 radical (unpaired) electrons. The average Bonchev–Trinajstić information content (AvgIpc) is 3.05. The van der Waals surface area contributed by atoms with Gasteiger partial charge in [0.25, 0.3) is 0 Å². The number of sulfonamides is 1. The lowest BCUT2D eigenvalue weighted by Gasteiger charge is -2.05. The van der Waals surface area contributed by atoms with Crippen LogP contribution in [0.3, 0.4) is 0 Å². The van der Waals surface area contributed by atoms with Crippen molar-refractivity contribution in [3.63, 3.8) is 0 Å². The average molecular weight is 331 g/mol. The molecule has 2 aromatic rings. The minimum Gasteiger partial charge on any atom is -0.310 e. The van der Waals surface area contributed by atoms with E-state index in [9.17, 15) is 8.42 Å². The third-order valence-corrected chi connectivity index (χ3v) is 6.26. The molecule has 2 heterocycles. The van der Waals surface area contributed by atoms with Crippen LogP contribution in [-0.2, 0) is 23.1 Å². The Hall–Kier alpha value is -0.800. The molecule has 0 saturated carbocycles. The summed E-state index contributed by atoms with van der Waals surface area (Å²) in [6.45, 7) is 5.08. The zero-order valence-electron chi connectivity index (χ0n) is 11.3. The quantitative estimate of drug-likeness (QED) is 0.816. The maximum Gasteiger partial charge on any atom is 0.250 e. The van der Waals surface area contributed by atoms with E-state index in [2.05, 4.69) is 28.9 Å². The summed E-state index contributed by atoms with van der Waals surface area (Å²) in [5.74, 6) is 0. The first-order chi connectivity index (χ1) is 9.47. The predicted molar refractivity (Wildman–Crippen MR) is 82.4 cm³/mol. The molecule has 0 aliphatic carbocycles. The fourth-order valence-corrected chi connectivity index (χ4v) is 4.45. The number of aromatic nitrogens is 1. The van der Waals surface area contributed by atoms with Crippen molar-refractivity contribution in [3.05, 3.63) is 33.6 Å². The lowest BCUT2D eigenvalue weighted by atomic mass is 10.4. The maximum atomic E-state index is 12.1. The first-order valence-corrected chi connectivity index (χ1v) is 9.34. The molecule has 0 aliphatic rings. The molecule has 2 rings (SSSR count). The number of nitrogens with zero attached hydrogens (tertiary/aromatic N) is 1. The standard InChI is InChI=1S/C12H17N3O2S3/c1-9(2)14-6-10-3-4-12(19-10)20(16,17)15-7-11-5-13-8-18-11/h3-5,8-9,14-15H,6-7H2,1-2H3. The normalized spacial score (nSPS) is 12.2. The van der Waals surface area contributed by atoms with Crippen LogP contribution < -0.4 is 10.0 Å². The summed E-state index contributed by atoms with van der Waals surface area (Å²) in [7, 11) is -3.43. The molecule has 0 atom stereocenters. The maximum absolute atomic E-state index is 12.1. The molecule has 0 aromatic carbocycles. The molecule has 8 heteroatoms. The smallest absolute Gasteiger partial charge is 0.250 e. The fraction of sp³-hybridized carbons (Fsp3) is 0.417. The van der Waals surface area contributed by atoms with Crippen molar-refractivity contribution < 1.29 is 8.42 Å². The summed E-state index contributed by atoms with van der Waals surface area (Å²) in [5.41, 5.74) is 1.68. The second-order valence-corrected chi connectivity index (χ2v) is 8.68. The van der Waals surface area contributed by atoms with Crippen molar-refractivity contribution in [2.24, 2.45) is 0 Å². The van der Waals surface area contributed by atoms with Crippen LogP contribution >= 0.6 is 22.7 Å². The fourth-order valence-electron chi connectivity index (χ4n) is 1.47. The van der Waals surface area contributed by atoms with Crippen LogP contribution in [0.15, 0.2) is 28.0 Å². The Balaban J connectivity index is 1.98. The van der Waals surface area contributed by atoms with Gasteiger partial charge in [0, 0.05) is 35.1 Å². The van der Waals surface area contributed by atoms with E-state index in [0.717, 1.165) is 9.75 Å². The Labute approximate surface area is 127 Å². The van der Waals surface area contributed by atoms with Gasteiger partial charge in [-0.15, -0.1) is 22.7 Å². The minimum atomic E-state index is -3.43. The van der Waals surface area contributed by atoms with Gasteiger partial charge >= 0.3 is 0 Å². The van der Waals surface area contributed by atoms with E-state index in [1.807, 2.05) is 6.07 Å². The van der Waals surface area contributed by atoms with Gasteiger partial charge in [-0.25, -0.2) is 13.1 Å². The van der Waals surface area contributed by atoms with Crippen molar-refractivity contribution in [3.8, 4) is 0 Å². The van der Waals surface area contributed by atoms with E-state index < -0.39 is 10.0 Å². The van der Waals surface area contributed by atoms with Crippen LogP contribution in [0.2, 0.25) is 0 Å². The molecular formula is C12H17N3O2S3. The van der Waals surface area contributed by atoms with E-state index in [4.69, 9.17) is 0 Å². The van der Waals surface area contributed by atoms with E-state index in [-0.39, 0.29) is 6.54 Å². The number of nitrogens with one attached hydrogen (secondary N) is 2. The van der Waals surface area contributed by atoms with Crippen molar-refractivity contribution in [1.82, 2.24) is 15.0 Å². The van der Waals surface area contributed by atoms with Gasteiger partial charge in [0.15, 0.2) is 0 Å². The van der Waals surface area contributed by atoms with E-state index in [0.29, 0.717) is 16.8 Å². The Bertz CT molecular complexity index is 633. The zero-order valence-corrected chi connectivity index (χ0v) is 13.7. The van der Waals surface area contributed by atoms with Gasteiger partial charge in [-0.3, -0.25) is 4.98 Å². The molecule has 20 heavy (non-hydrogen) atoms. The molecule has 0 bridgehead atoms. The largest absolute Gasteiger partial charge is 0.310 e. The summed E-state index contributed by atoms with van der Waals surface area (Å²) in [6.07, 6.45) is 1.67. The molecule has 0 unspecified atom stereocenters. The molecule has 0 aliphatic heterocycles. The van der Waals surface area contributed by atoms with Crippen molar-refractivity contribution in [1.29, 1.82) is 0 Å². The van der Waals surface area contributed by atoms with E-state index in [1.165, 1.54) is 22.7 Å². The first kappa shape index (κ1) is 15.6. The SMILES string of the molecule is CC(C)NCc1ccc(S(=O)(=O)NCc2cncs2)s1. The number of hydrogen-bond donors (Lipinski definition) is 2. The van der Waals surface area contributed by atoms with Crippen molar-refractivity contribution in [2.75, 3.05) is 0 Å². The first-order valence-electron chi connectivity index (χ1n) is 6.16.